The van der Waals surface area contributed by atoms with Gasteiger partial charge in [-0.05, 0) is 66.3 Å². The number of aromatic amines is 1. The molecule has 0 radical (unpaired) electrons. The van der Waals surface area contributed by atoms with E-state index in [1.807, 2.05) is 50.2 Å². The number of hydrogen-bond acceptors (Lipinski definition) is 5. The highest BCUT2D eigenvalue weighted by molar-refractivity contribution is 9.11. The van der Waals surface area contributed by atoms with Gasteiger partial charge in [0.25, 0.3) is 0 Å². The third-order valence-corrected chi connectivity index (χ3v) is 5.21. The molecule has 0 saturated heterocycles. The van der Waals surface area contributed by atoms with Crippen molar-refractivity contribution in [2.24, 2.45) is 0 Å². The van der Waals surface area contributed by atoms with E-state index in [-0.39, 0.29) is 6.10 Å². The van der Waals surface area contributed by atoms with Crippen LogP contribution in [-0.2, 0) is 6.54 Å². The first-order chi connectivity index (χ1) is 13.4. The lowest BCUT2D eigenvalue weighted by Crippen LogP contribution is -2.17. The van der Waals surface area contributed by atoms with Crippen molar-refractivity contribution in [2.75, 3.05) is 12.5 Å². The number of ether oxygens (including phenoxy) is 2. The highest BCUT2D eigenvalue weighted by Gasteiger charge is 2.16. The van der Waals surface area contributed by atoms with Gasteiger partial charge >= 0.3 is 0 Å². The largest absolute Gasteiger partial charge is 0.496 e. The summed E-state index contributed by atoms with van der Waals surface area (Å²) in [4.78, 5) is 0. The first kappa shape index (κ1) is 20.9. The van der Waals surface area contributed by atoms with Crippen molar-refractivity contribution in [3.05, 3.63) is 55.7 Å². The molecule has 0 unspecified atom stereocenters. The molecule has 28 heavy (non-hydrogen) atoms. The zero-order chi connectivity index (χ0) is 20.3. The smallest absolute Gasteiger partial charge is 0.214 e. The van der Waals surface area contributed by atoms with Crippen LogP contribution >= 0.6 is 44.1 Å². The number of benzene rings is 2. The van der Waals surface area contributed by atoms with Crippen LogP contribution in [0.3, 0.4) is 0 Å². The van der Waals surface area contributed by atoms with Crippen molar-refractivity contribution in [3.63, 3.8) is 0 Å². The molecule has 1 aromatic heterocycles. The Balaban J connectivity index is 1.95. The van der Waals surface area contributed by atoms with Crippen LogP contribution in [0.4, 0.5) is 0 Å². The summed E-state index contributed by atoms with van der Waals surface area (Å²) >= 11 is 12.5. The topological polar surface area (TPSA) is 64.1 Å². The number of halogens is 2. The highest BCUT2D eigenvalue weighted by Crippen LogP contribution is 2.34. The first-order valence-electron chi connectivity index (χ1n) is 8.60. The van der Waals surface area contributed by atoms with E-state index < -0.39 is 0 Å². The molecule has 2 aromatic carbocycles. The molecule has 0 aliphatic heterocycles. The molecular formula is C19H20Br2N4O2S. The second-order valence-electron chi connectivity index (χ2n) is 6.27. The predicted molar refractivity (Wildman–Crippen MR) is 120 cm³/mol. The van der Waals surface area contributed by atoms with Crippen LogP contribution in [0.2, 0.25) is 0 Å². The number of nitrogens with zero attached hydrogens (tertiary/aromatic N) is 2. The third kappa shape index (κ3) is 4.59. The molecule has 0 saturated carbocycles. The molecule has 2 N–H and O–H groups in total. The van der Waals surface area contributed by atoms with Crippen LogP contribution in [0.15, 0.2) is 45.3 Å². The van der Waals surface area contributed by atoms with Gasteiger partial charge in [-0.1, -0.05) is 28.1 Å². The van der Waals surface area contributed by atoms with E-state index in [0.29, 0.717) is 22.9 Å². The second kappa shape index (κ2) is 9.11. The average Bonchev–Trinajstić information content (AvgIpc) is 3.02. The second-order valence-corrected chi connectivity index (χ2v) is 8.42. The monoisotopic (exact) mass is 526 g/mol. The summed E-state index contributed by atoms with van der Waals surface area (Å²) in [6.45, 7) is 4.48. The SMILES string of the molecule is COc1ccccc1-c1n[nH]c(=S)n1NCc1cc(Br)cc(Br)c1OC(C)C. The molecule has 0 atom stereocenters. The van der Waals surface area contributed by atoms with Crippen molar-refractivity contribution >= 4 is 44.1 Å². The lowest BCUT2D eigenvalue weighted by atomic mass is 10.2. The fourth-order valence-electron chi connectivity index (χ4n) is 2.73. The summed E-state index contributed by atoms with van der Waals surface area (Å²) in [7, 11) is 1.63. The summed E-state index contributed by atoms with van der Waals surface area (Å²) in [6, 6.07) is 11.6. The number of aromatic nitrogens is 3. The lowest BCUT2D eigenvalue weighted by Gasteiger charge is -2.18. The summed E-state index contributed by atoms with van der Waals surface area (Å²) in [5.74, 6) is 2.15. The van der Waals surface area contributed by atoms with E-state index in [4.69, 9.17) is 21.7 Å². The zero-order valence-corrected chi connectivity index (χ0v) is 19.6. The summed E-state index contributed by atoms with van der Waals surface area (Å²) in [5.41, 5.74) is 5.15. The van der Waals surface area contributed by atoms with Crippen molar-refractivity contribution in [2.45, 2.75) is 26.5 Å². The van der Waals surface area contributed by atoms with Crippen LogP contribution in [0.1, 0.15) is 19.4 Å². The quantitative estimate of drug-likeness (QED) is 0.387. The fraction of sp³-hybridized carbons (Fsp3) is 0.263. The highest BCUT2D eigenvalue weighted by atomic mass is 79.9. The average molecular weight is 528 g/mol. The fourth-order valence-corrected chi connectivity index (χ4v) is 4.33. The van der Waals surface area contributed by atoms with Crippen molar-refractivity contribution in [1.82, 2.24) is 14.9 Å². The van der Waals surface area contributed by atoms with Crippen molar-refractivity contribution in [1.29, 1.82) is 0 Å². The van der Waals surface area contributed by atoms with E-state index in [9.17, 15) is 0 Å². The van der Waals surface area contributed by atoms with Gasteiger partial charge in [-0.15, -0.1) is 0 Å². The molecule has 0 aliphatic carbocycles. The number of hydrogen-bond donors (Lipinski definition) is 2. The summed E-state index contributed by atoms with van der Waals surface area (Å²) in [6.07, 6.45) is 0.0523. The van der Waals surface area contributed by atoms with Gasteiger partial charge in [0, 0.05) is 10.0 Å². The van der Waals surface area contributed by atoms with Crippen LogP contribution < -0.4 is 14.9 Å². The Morgan fingerprint density at radius 2 is 2.00 bits per heavy atom. The van der Waals surface area contributed by atoms with Crippen LogP contribution in [0.5, 0.6) is 11.5 Å². The Hall–Kier alpha value is -1.84. The Morgan fingerprint density at radius 3 is 2.71 bits per heavy atom. The van der Waals surface area contributed by atoms with Crippen molar-refractivity contribution < 1.29 is 9.47 Å². The van der Waals surface area contributed by atoms with Gasteiger partial charge < -0.3 is 14.9 Å². The number of methoxy groups -OCH3 is 1. The molecule has 6 nitrogen and oxygen atoms in total. The van der Waals surface area contributed by atoms with E-state index in [1.165, 1.54) is 0 Å². The minimum Gasteiger partial charge on any atom is -0.496 e. The number of nitrogens with one attached hydrogen (secondary N) is 2. The number of rotatable bonds is 7. The van der Waals surface area contributed by atoms with E-state index >= 15 is 0 Å². The normalized spacial score (nSPS) is 10.9. The van der Waals surface area contributed by atoms with Gasteiger partial charge in [-0.2, -0.15) is 5.10 Å². The van der Waals surface area contributed by atoms with E-state index in [2.05, 4.69) is 47.5 Å². The first-order valence-corrected chi connectivity index (χ1v) is 10.6. The molecular weight excluding hydrogens is 508 g/mol. The molecule has 1 heterocycles. The molecule has 9 heteroatoms. The number of H-pyrrole nitrogens is 1. The maximum atomic E-state index is 6.00. The van der Waals surface area contributed by atoms with E-state index in [1.54, 1.807) is 11.8 Å². The van der Waals surface area contributed by atoms with Gasteiger partial charge in [-0.25, -0.2) is 9.77 Å². The molecule has 0 spiro atoms. The Bertz CT molecular complexity index is 1030. The summed E-state index contributed by atoms with van der Waals surface area (Å²) < 4.78 is 15.5. The van der Waals surface area contributed by atoms with Crippen LogP contribution in [0, 0.1) is 4.77 Å². The van der Waals surface area contributed by atoms with E-state index in [0.717, 1.165) is 25.8 Å². The predicted octanol–water partition coefficient (Wildman–Crippen LogP) is 5.67. The van der Waals surface area contributed by atoms with Crippen LogP contribution in [0.25, 0.3) is 11.4 Å². The van der Waals surface area contributed by atoms with Gasteiger partial charge in [0.1, 0.15) is 11.5 Å². The van der Waals surface area contributed by atoms with Gasteiger partial charge in [0.15, 0.2) is 5.82 Å². The molecule has 0 bridgehead atoms. The lowest BCUT2D eigenvalue weighted by molar-refractivity contribution is 0.238. The number of para-hydroxylation sites is 1. The van der Waals surface area contributed by atoms with Crippen LogP contribution in [-0.4, -0.2) is 28.1 Å². The standard InChI is InChI=1S/C19H20Br2N4O2S/c1-11(2)27-17-12(8-13(20)9-15(17)21)10-22-25-18(23-24-19(25)28)14-6-4-5-7-16(14)26-3/h4-9,11,22H,10H2,1-3H3,(H,24,28). The van der Waals surface area contributed by atoms with Gasteiger partial charge in [0.2, 0.25) is 4.77 Å². The molecule has 3 rings (SSSR count). The van der Waals surface area contributed by atoms with Gasteiger partial charge in [0.05, 0.1) is 29.8 Å². The zero-order valence-electron chi connectivity index (χ0n) is 15.6. The Kier molecular flexibility index (Phi) is 6.79. The molecule has 3 aromatic rings. The molecule has 0 amide bonds. The minimum absolute atomic E-state index is 0.0523. The minimum atomic E-state index is 0.0523. The summed E-state index contributed by atoms with van der Waals surface area (Å²) in [5, 5.41) is 7.21. The third-order valence-electron chi connectivity index (χ3n) is 3.89. The maximum Gasteiger partial charge on any atom is 0.214 e. The molecule has 0 aliphatic rings. The van der Waals surface area contributed by atoms with Gasteiger partial charge in [-0.3, -0.25) is 0 Å². The van der Waals surface area contributed by atoms with Crippen molar-refractivity contribution in [3.8, 4) is 22.9 Å². The molecule has 0 fully saturated rings. The maximum absolute atomic E-state index is 6.00. The Morgan fingerprint density at radius 1 is 1.25 bits per heavy atom. The Labute approximate surface area is 185 Å². The molecule has 148 valence electrons.